The normalized spacial score (nSPS) is 20.5. The number of nitrogens with zero attached hydrogens (tertiary/aromatic N) is 3. The lowest BCUT2D eigenvalue weighted by Crippen LogP contribution is -3.15. The van der Waals surface area contributed by atoms with Crippen LogP contribution in [-0.2, 0) is 11.8 Å². The highest BCUT2D eigenvalue weighted by atomic mass is 32.2. The number of hydrogen-bond acceptors (Lipinski definition) is 5. The van der Waals surface area contributed by atoms with Gasteiger partial charge in [0, 0.05) is 24.3 Å². The second-order valence-corrected chi connectivity index (χ2v) is 8.19. The van der Waals surface area contributed by atoms with E-state index in [2.05, 4.69) is 24.0 Å². The maximum absolute atomic E-state index is 5.96. The summed E-state index contributed by atoms with van der Waals surface area (Å²) in [6.45, 7) is 8.83. The largest absolute Gasteiger partial charge is 0.497 e. The molecule has 1 N–H and O–H groups in total. The van der Waals surface area contributed by atoms with Gasteiger partial charge in [-0.25, -0.2) is 0 Å². The van der Waals surface area contributed by atoms with Gasteiger partial charge in [0.1, 0.15) is 24.9 Å². The number of nitrogens with one attached hydrogen (secondary N) is 1. The van der Waals surface area contributed by atoms with E-state index in [0.717, 1.165) is 53.7 Å². The van der Waals surface area contributed by atoms with Gasteiger partial charge in [-0.3, -0.25) is 0 Å². The topological polar surface area (TPSA) is 53.6 Å². The van der Waals surface area contributed by atoms with Gasteiger partial charge in [-0.15, -0.1) is 10.2 Å². The first-order valence-electron chi connectivity index (χ1n) is 9.18. The molecule has 6 nitrogen and oxygen atoms in total. The van der Waals surface area contributed by atoms with Gasteiger partial charge in [0.25, 0.3) is 0 Å². The number of ether oxygens (including phenoxy) is 2. The van der Waals surface area contributed by atoms with Crippen molar-refractivity contribution in [2.75, 3.05) is 39.1 Å². The first-order valence-corrected chi connectivity index (χ1v) is 10.2. The minimum Gasteiger partial charge on any atom is -0.497 e. The molecule has 0 amide bonds. The Hall–Kier alpha value is -1.57. The molecule has 1 fully saturated rings. The SMILES string of the molecule is COc1ccc(-c2nnc(SC[C@@H]3C[NH+](CC(C)C)CCO3)n2C)cc1. The molecule has 3 rings (SSSR count). The van der Waals surface area contributed by atoms with Crippen LogP contribution in [-0.4, -0.2) is 60.0 Å². The molecule has 1 saturated heterocycles. The van der Waals surface area contributed by atoms with Gasteiger partial charge >= 0.3 is 0 Å². The number of quaternary nitrogens is 1. The number of aromatic nitrogens is 3. The van der Waals surface area contributed by atoms with Gasteiger partial charge in [0.05, 0.1) is 20.3 Å². The Balaban J connectivity index is 1.59. The van der Waals surface area contributed by atoms with Crippen LogP contribution in [0.3, 0.4) is 0 Å². The predicted octanol–water partition coefficient (Wildman–Crippen LogP) is 1.52. The van der Waals surface area contributed by atoms with Crippen LogP contribution in [0.1, 0.15) is 13.8 Å². The Labute approximate surface area is 159 Å². The van der Waals surface area contributed by atoms with Crippen molar-refractivity contribution in [1.82, 2.24) is 14.8 Å². The third kappa shape index (κ3) is 4.78. The summed E-state index contributed by atoms with van der Waals surface area (Å²) in [5.41, 5.74) is 1.04. The lowest BCUT2D eigenvalue weighted by atomic mass is 10.2. The number of thioether (sulfide) groups is 1. The van der Waals surface area contributed by atoms with Gasteiger partial charge < -0.3 is 18.9 Å². The van der Waals surface area contributed by atoms with Gasteiger partial charge in [-0.05, 0) is 24.3 Å². The van der Waals surface area contributed by atoms with Crippen LogP contribution < -0.4 is 9.64 Å². The fourth-order valence-electron chi connectivity index (χ4n) is 3.32. The smallest absolute Gasteiger partial charge is 0.191 e. The molecule has 0 radical (unpaired) electrons. The van der Waals surface area contributed by atoms with Gasteiger partial charge in [0.15, 0.2) is 11.0 Å². The summed E-state index contributed by atoms with van der Waals surface area (Å²) < 4.78 is 13.2. The van der Waals surface area contributed by atoms with Crippen LogP contribution in [0.15, 0.2) is 29.4 Å². The van der Waals surface area contributed by atoms with Gasteiger partial charge in [-0.1, -0.05) is 25.6 Å². The molecule has 0 aliphatic carbocycles. The van der Waals surface area contributed by atoms with E-state index < -0.39 is 0 Å². The van der Waals surface area contributed by atoms with Crippen molar-refractivity contribution in [3.63, 3.8) is 0 Å². The van der Waals surface area contributed by atoms with Crippen molar-refractivity contribution >= 4 is 11.8 Å². The molecule has 0 saturated carbocycles. The van der Waals surface area contributed by atoms with Crippen LogP contribution in [0.25, 0.3) is 11.4 Å². The van der Waals surface area contributed by atoms with Gasteiger partial charge in [0.2, 0.25) is 0 Å². The molecule has 2 heterocycles. The van der Waals surface area contributed by atoms with Crippen molar-refractivity contribution in [2.24, 2.45) is 13.0 Å². The van der Waals surface area contributed by atoms with E-state index in [0.29, 0.717) is 0 Å². The summed E-state index contributed by atoms with van der Waals surface area (Å²) in [5.74, 6) is 3.35. The quantitative estimate of drug-likeness (QED) is 0.742. The monoisotopic (exact) mass is 377 g/mol. The summed E-state index contributed by atoms with van der Waals surface area (Å²) in [6, 6.07) is 7.90. The number of morpholine rings is 1. The zero-order chi connectivity index (χ0) is 18.5. The molecule has 1 aliphatic rings. The second-order valence-electron chi connectivity index (χ2n) is 7.20. The van der Waals surface area contributed by atoms with E-state index in [1.54, 1.807) is 23.8 Å². The van der Waals surface area contributed by atoms with E-state index in [4.69, 9.17) is 9.47 Å². The predicted molar refractivity (Wildman–Crippen MR) is 104 cm³/mol. The van der Waals surface area contributed by atoms with Crippen LogP contribution >= 0.6 is 11.8 Å². The molecule has 26 heavy (non-hydrogen) atoms. The van der Waals surface area contributed by atoms with E-state index in [-0.39, 0.29) is 6.10 Å². The summed E-state index contributed by atoms with van der Waals surface area (Å²) in [4.78, 5) is 1.65. The number of methoxy groups -OCH3 is 1. The maximum Gasteiger partial charge on any atom is 0.191 e. The fraction of sp³-hybridized carbons (Fsp3) is 0.579. The van der Waals surface area contributed by atoms with Crippen molar-refractivity contribution in [3.05, 3.63) is 24.3 Å². The first kappa shape index (κ1) is 19.2. The summed E-state index contributed by atoms with van der Waals surface area (Å²) in [7, 11) is 3.68. The van der Waals surface area contributed by atoms with Crippen LogP contribution in [0, 0.1) is 5.92 Å². The Morgan fingerprint density at radius 2 is 2.08 bits per heavy atom. The molecule has 2 atom stereocenters. The molecule has 142 valence electrons. The standard InChI is InChI=1S/C19H28N4O2S/c1-14(2)11-23-9-10-25-17(12-23)13-26-19-21-20-18(22(19)3)15-5-7-16(24-4)8-6-15/h5-8,14,17H,9-13H2,1-4H3/p+1/t17-/m0/s1. The average molecular weight is 378 g/mol. The van der Waals surface area contributed by atoms with Crippen molar-refractivity contribution < 1.29 is 14.4 Å². The Morgan fingerprint density at radius 3 is 2.77 bits per heavy atom. The summed E-state index contributed by atoms with van der Waals surface area (Å²) >= 11 is 1.72. The molecular weight excluding hydrogens is 348 g/mol. The summed E-state index contributed by atoms with van der Waals surface area (Å²) in [6.07, 6.45) is 0.281. The molecular formula is C19H29N4O2S+. The van der Waals surface area contributed by atoms with Gasteiger partial charge in [-0.2, -0.15) is 0 Å². The molecule has 0 spiro atoms. The van der Waals surface area contributed by atoms with E-state index in [1.165, 1.54) is 6.54 Å². The minimum atomic E-state index is 0.281. The Morgan fingerprint density at radius 1 is 1.31 bits per heavy atom. The van der Waals surface area contributed by atoms with Crippen LogP contribution in [0.4, 0.5) is 0 Å². The Kier molecular flexibility index (Phi) is 6.56. The fourth-order valence-corrected chi connectivity index (χ4v) is 4.25. The average Bonchev–Trinajstić information content (AvgIpc) is 3.00. The van der Waals surface area contributed by atoms with Crippen LogP contribution in [0.2, 0.25) is 0 Å². The van der Waals surface area contributed by atoms with E-state index >= 15 is 0 Å². The molecule has 0 bridgehead atoms. The molecule has 1 aliphatic heterocycles. The number of hydrogen-bond donors (Lipinski definition) is 1. The summed E-state index contributed by atoms with van der Waals surface area (Å²) in [5, 5.41) is 9.66. The van der Waals surface area contributed by atoms with Crippen molar-refractivity contribution in [3.8, 4) is 17.1 Å². The highest BCUT2D eigenvalue weighted by Gasteiger charge is 2.25. The minimum absolute atomic E-state index is 0.281. The van der Waals surface area contributed by atoms with Crippen molar-refractivity contribution in [2.45, 2.75) is 25.1 Å². The molecule has 1 unspecified atom stereocenters. The zero-order valence-electron chi connectivity index (χ0n) is 16.1. The third-order valence-electron chi connectivity index (χ3n) is 4.60. The lowest BCUT2D eigenvalue weighted by Gasteiger charge is -2.30. The van der Waals surface area contributed by atoms with Crippen molar-refractivity contribution in [1.29, 1.82) is 0 Å². The van der Waals surface area contributed by atoms with E-state index in [1.807, 2.05) is 35.9 Å². The molecule has 1 aromatic heterocycles. The highest BCUT2D eigenvalue weighted by molar-refractivity contribution is 7.99. The van der Waals surface area contributed by atoms with Crippen LogP contribution in [0.5, 0.6) is 5.75 Å². The molecule has 1 aromatic carbocycles. The van der Waals surface area contributed by atoms with E-state index in [9.17, 15) is 0 Å². The number of rotatable bonds is 7. The highest BCUT2D eigenvalue weighted by Crippen LogP contribution is 2.25. The molecule has 7 heteroatoms. The lowest BCUT2D eigenvalue weighted by molar-refractivity contribution is -0.914. The number of benzene rings is 1. The third-order valence-corrected chi connectivity index (χ3v) is 5.76. The maximum atomic E-state index is 5.96. The zero-order valence-corrected chi connectivity index (χ0v) is 16.9. The molecule has 2 aromatic rings. The first-order chi connectivity index (χ1) is 12.6. The second kappa shape index (κ2) is 8.88. The Bertz CT molecular complexity index is 702.